The van der Waals surface area contributed by atoms with Crippen LogP contribution in [0.4, 0.5) is 0 Å². The topological polar surface area (TPSA) is 28.7 Å². The number of benzene rings is 1. The van der Waals surface area contributed by atoms with Gasteiger partial charge in [0.25, 0.3) is 0 Å². The Labute approximate surface area is 100.0 Å². The molecule has 1 aromatic carbocycles. The fourth-order valence-electron chi connectivity index (χ4n) is 1.84. The maximum Gasteiger partial charge on any atom is 0.0864 e. The van der Waals surface area contributed by atoms with Gasteiger partial charge < -0.3 is 4.98 Å². The molecule has 0 aliphatic heterocycles. The molecule has 0 unspecified atom stereocenters. The van der Waals surface area contributed by atoms with Gasteiger partial charge in [0.15, 0.2) is 0 Å². The van der Waals surface area contributed by atoms with Gasteiger partial charge in [-0.25, -0.2) is 0 Å². The summed E-state index contributed by atoms with van der Waals surface area (Å²) < 4.78 is 0. The van der Waals surface area contributed by atoms with E-state index in [2.05, 4.69) is 28.2 Å². The predicted molar refractivity (Wildman–Crippen MR) is 69.5 cm³/mol. The maximum absolute atomic E-state index is 4.47. The van der Waals surface area contributed by atoms with Gasteiger partial charge in [-0.2, -0.15) is 0 Å². The number of nitrogens with one attached hydrogen (secondary N) is 1. The van der Waals surface area contributed by atoms with Crippen molar-refractivity contribution >= 4 is 0 Å². The van der Waals surface area contributed by atoms with Gasteiger partial charge in [0.05, 0.1) is 11.4 Å². The molecule has 2 heteroatoms. The number of aromatic nitrogens is 2. The van der Waals surface area contributed by atoms with Crippen LogP contribution in [0.25, 0.3) is 22.5 Å². The number of hydrogen-bond acceptors (Lipinski definition) is 1. The van der Waals surface area contributed by atoms with Gasteiger partial charge in [0.1, 0.15) is 0 Å². The van der Waals surface area contributed by atoms with E-state index in [9.17, 15) is 0 Å². The van der Waals surface area contributed by atoms with Gasteiger partial charge in [-0.05, 0) is 23.8 Å². The minimum atomic E-state index is 0.967. The Bertz CT molecular complexity index is 581. The fourth-order valence-corrected chi connectivity index (χ4v) is 1.84. The molecule has 0 aliphatic rings. The van der Waals surface area contributed by atoms with E-state index in [4.69, 9.17) is 0 Å². The van der Waals surface area contributed by atoms with Gasteiger partial charge in [0.2, 0.25) is 0 Å². The largest absolute Gasteiger partial charge is 0.360 e. The van der Waals surface area contributed by atoms with Crippen molar-refractivity contribution in [1.82, 2.24) is 9.97 Å². The lowest BCUT2D eigenvalue weighted by Gasteiger charge is -2.02. The maximum atomic E-state index is 4.47. The van der Waals surface area contributed by atoms with Crippen molar-refractivity contribution in [1.29, 1.82) is 0 Å². The summed E-state index contributed by atoms with van der Waals surface area (Å²) in [5, 5.41) is 0. The van der Waals surface area contributed by atoms with Gasteiger partial charge in [-0.1, -0.05) is 36.4 Å². The Morgan fingerprint density at radius 3 is 2.29 bits per heavy atom. The molecule has 3 rings (SSSR count). The van der Waals surface area contributed by atoms with E-state index in [1.54, 1.807) is 0 Å². The SMILES string of the molecule is c1ccc(-c2ccc(-c3ccc[nH]3)nc2)cc1. The molecule has 0 bridgehead atoms. The summed E-state index contributed by atoms with van der Waals surface area (Å²) in [6, 6.07) is 18.4. The lowest BCUT2D eigenvalue weighted by atomic mass is 10.1. The molecule has 0 fully saturated rings. The summed E-state index contributed by atoms with van der Waals surface area (Å²) in [5.41, 5.74) is 4.35. The third kappa shape index (κ3) is 1.97. The zero-order valence-electron chi connectivity index (χ0n) is 9.30. The van der Waals surface area contributed by atoms with Crippen LogP contribution in [0, 0.1) is 0 Å². The Balaban J connectivity index is 1.96. The minimum Gasteiger partial charge on any atom is -0.360 e. The first-order valence-electron chi connectivity index (χ1n) is 5.59. The fraction of sp³-hybridized carbons (Fsp3) is 0. The van der Waals surface area contributed by atoms with E-state index >= 15 is 0 Å². The zero-order valence-corrected chi connectivity index (χ0v) is 9.30. The normalized spacial score (nSPS) is 10.4. The Hall–Kier alpha value is -2.35. The number of hydrogen-bond donors (Lipinski definition) is 1. The van der Waals surface area contributed by atoms with Gasteiger partial charge in [-0.15, -0.1) is 0 Å². The summed E-state index contributed by atoms with van der Waals surface area (Å²) >= 11 is 0. The molecular weight excluding hydrogens is 208 g/mol. The van der Waals surface area contributed by atoms with Crippen molar-refractivity contribution < 1.29 is 0 Å². The van der Waals surface area contributed by atoms with Crippen molar-refractivity contribution in [3.05, 3.63) is 67.0 Å². The first-order chi connectivity index (χ1) is 8.43. The molecule has 2 nitrogen and oxygen atoms in total. The van der Waals surface area contributed by atoms with Gasteiger partial charge >= 0.3 is 0 Å². The van der Waals surface area contributed by atoms with Crippen LogP contribution in [-0.2, 0) is 0 Å². The molecule has 0 atom stereocenters. The molecule has 17 heavy (non-hydrogen) atoms. The first-order valence-corrected chi connectivity index (χ1v) is 5.59. The molecule has 0 amide bonds. The summed E-state index contributed by atoms with van der Waals surface area (Å²) in [5.74, 6) is 0. The molecule has 82 valence electrons. The number of nitrogens with zero attached hydrogens (tertiary/aromatic N) is 1. The second-order valence-corrected chi connectivity index (χ2v) is 3.88. The summed E-state index contributed by atoms with van der Waals surface area (Å²) in [6.07, 6.45) is 3.81. The molecule has 2 heterocycles. The third-order valence-corrected chi connectivity index (χ3v) is 2.74. The lowest BCUT2D eigenvalue weighted by molar-refractivity contribution is 1.28. The van der Waals surface area contributed by atoms with E-state index in [1.165, 1.54) is 5.56 Å². The second kappa shape index (κ2) is 4.26. The van der Waals surface area contributed by atoms with Crippen molar-refractivity contribution in [2.45, 2.75) is 0 Å². The van der Waals surface area contributed by atoms with Crippen LogP contribution >= 0.6 is 0 Å². The van der Waals surface area contributed by atoms with E-state index < -0.39 is 0 Å². The van der Waals surface area contributed by atoms with Crippen LogP contribution in [0.5, 0.6) is 0 Å². The molecular formula is C15H12N2. The van der Waals surface area contributed by atoms with Crippen LogP contribution < -0.4 is 0 Å². The van der Waals surface area contributed by atoms with Crippen molar-refractivity contribution in [3.63, 3.8) is 0 Å². The van der Waals surface area contributed by atoms with Crippen LogP contribution in [0.15, 0.2) is 67.0 Å². The summed E-state index contributed by atoms with van der Waals surface area (Å²) in [7, 11) is 0. The number of aromatic amines is 1. The molecule has 0 radical (unpaired) electrons. The molecule has 0 saturated heterocycles. The van der Waals surface area contributed by atoms with Gasteiger partial charge in [-0.3, -0.25) is 4.98 Å². The van der Waals surface area contributed by atoms with E-state index in [-0.39, 0.29) is 0 Å². The quantitative estimate of drug-likeness (QED) is 0.700. The third-order valence-electron chi connectivity index (χ3n) is 2.74. The van der Waals surface area contributed by atoms with E-state index in [0.717, 1.165) is 17.0 Å². The average molecular weight is 220 g/mol. The minimum absolute atomic E-state index is 0.967. The Morgan fingerprint density at radius 1 is 0.765 bits per heavy atom. The van der Waals surface area contributed by atoms with Crippen LogP contribution in [0.1, 0.15) is 0 Å². The molecule has 0 spiro atoms. The van der Waals surface area contributed by atoms with Crippen molar-refractivity contribution in [3.8, 4) is 22.5 Å². The van der Waals surface area contributed by atoms with Crippen molar-refractivity contribution in [2.75, 3.05) is 0 Å². The Morgan fingerprint density at radius 2 is 1.65 bits per heavy atom. The number of H-pyrrole nitrogens is 1. The lowest BCUT2D eigenvalue weighted by Crippen LogP contribution is -1.84. The van der Waals surface area contributed by atoms with Crippen LogP contribution in [-0.4, -0.2) is 9.97 Å². The standard InChI is InChI=1S/C15H12N2/c1-2-5-12(6-3-1)13-8-9-15(17-11-13)14-7-4-10-16-14/h1-11,16H. The summed E-state index contributed by atoms with van der Waals surface area (Å²) in [4.78, 5) is 7.62. The highest BCUT2D eigenvalue weighted by atomic mass is 14.8. The average Bonchev–Trinajstić information content (AvgIpc) is 2.94. The van der Waals surface area contributed by atoms with Crippen molar-refractivity contribution in [2.24, 2.45) is 0 Å². The van der Waals surface area contributed by atoms with E-state index in [1.807, 2.05) is 48.8 Å². The highest BCUT2D eigenvalue weighted by Gasteiger charge is 2.00. The molecule has 1 N–H and O–H groups in total. The molecule has 0 saturated carbocycles. The number of pyridine rings is 1. The zero-order chi connectivity index (χ0) is 11.5. The predicted octanol–water partition coefficient (Wildman–Crippen LogP) is 3.74. The van der Waals surface area contributed by atoms with E-state index in [0.29, 0.717) is 0 Å². The second-order valence-electron chi connectivity index (χ2n) is 3.88. The number of rotatable bonds is 2. The summed E-state index contributed by atoms with van der Waals surface area (Å²) in [6.45, 7) is 0. The first kappa shape index (κ1) is 9.85. The monoisotopic (exact) mass is 220 g/mol. The van der Waals surface area contributed by atoms with Gasteiger partial charge in [0, 0.05) is 18.0 Å². The highest BCUT2D eigenvalue weighted by molar-refractivity contribution is 5.65. The van der Waals surface area contributed by atoms with Crippen LogP contribution in [0.3, 0.4) is 0 Å². The smallest absolute Gasteiger partial charge is 0.0864 e. The Kier molecular flexibility index (Phi) is 2.47. The molecule has 3 aromatic rings. The van der Waals surface area contributed by atoms with Crippen LogP contribution in [0.2, 0.25) is 0 Å². The highest BCUT2D eigenvalue weighted by Crippen LogP contribution is 2.21. The molecule has 0 aliphatic carbocycles. The molecule has 2 aromatic heterocycles.